The van der Waals surface area contributed by atoms with Crippen LogP contribution in [0.5, 0.6) is 0 Å². The van der Waals surface area contributed by atoms with Gasteiger partial charge >= 0.3 is 27.6 Å². The number of hydrogen-bond acceptors (Lipinski definition) is 12. The molecule has 0 saturated heterocycles. The molecule has 0 aliphatic carbocycles. The summed E-state index contributed by atoms with van der Waals surface area (Å²) in [5.41, 5.74) is 0. The normalized spacial score (nSPS) is 15.9. The summed E-state index contributed by atoms with van der Waals surface area (Å²) in [6.07, 6.45) is 40.4. The molecule has 0 aliphatic rings. The van der Waals surface area contributed by atoms with Crippen molar-refractivity contribution in [2.24, 2.45) is 0 Å². The maximum Gasteiger partial charge on any atom is 0.472 e. The summed E-state index contributed by atoms with van der Waals surface area (Å²) < 4.78 is 47.6. The maximum atomic E-state index is 12.7. The highest BCUT2D eigenvalue weighted by Crippen LogP contribution is 2.43. The molecule has 0 bridgehead atoms. The van der Waals surface area contributed by atoms with E-state index >= 15 is 0 Å². The molecule has 0 radical (unpaired) electrons. The summed E-state index contributed by atoms with van der Waals surface area (Å²) in [6, 6.07) is 0. The number of phosphoric acid groups is 2. The fourth-order valence-electron chi connectivity index (χ4n) is 5.23. The van der Waals surface area contributed by atoms with Gasteiger partial charge in [-0.25, -0.2) is 9.13 Å². The number of carbonyl (C=O) groups is 2. The van der Waals surface area contributed by atoms with E-state index in [1.165, 1.54) is 19.3 Å². The molecule has 0 aliphatic heterocycles. The predicted octanol–water partition coefficient (Wildman–Crippen LogP) is 9.28. The van der Waals surface area contributed by atoms with Gasteiger partial charge in [0.2, 0.25) is 0 Å². The third-order valence-corrected chi connectivity index (χ3v) is 10.1. The van der Waals surface area contributed by atoms with Gasteiger partial charge in [-0.2, -0.15) is 0 Å². The van der Waals surface area contributed by atoms with Crippen LogP contribution in [0.15, 0.2) is 97.2 Å². The highest BCUT2D eigenvalue weighted by Gasteiger charge is 2.28. The highest BCUT2D eigenvalue weighted by atomic mass is 31.2. The number of allylic oxidation sites excluding steroid dienone is 12. The van der Waals surface area contributed by atoms with E-state index in [0.29, 0.717) is 32.1 Å². The van der Waals surface area contributed by atoms with Crippen LogP contribution in [0.3, 0.4) is 0 Å². The molecule has 5 atom stereocenters. The standard InChI is InChI=1S/C46H76O15P2/c1-3-5-7-8-9-10-11-12-13-14-15-16-20-23-29-36-46(51)61-44(40-60-63(55,56)59-38-43(49)37-58-62(52,53)54)39-57-45(50)35-30-24-28-34-42(48)33-27-22-19-17-18-21-26-32-41(47)31-25-6-4-2/h6,9-10,12-13,18-19,21-22,25-28,32-34,41-44,47-49H,3-5,7-8,11,14-17,20,23-24,29-31,35-40H2,1-2H3,(H,55,56)(H2,52,53,54)/b10-9-,13-12-,21-18-,22-19-,25-6-,32-26+,33-27+,34-28-/t41-,42-,43+,44-/m1/s1. The third-order valence-electron chi connectivity index (χ3n) is 8.62. The first kappa shape index (κ1) is 60.0. The fourth-order valence-corrected chi connectivity index (χ4v) is 6.39. The van der Waals surface area contributed by atoms with Crippen molar-refractivity contribution in [3.8, 4) is 0 Å². The van der Waals surface area contributed by atoms with E-state index in [2.05, 4.69) is 40.3 Å². The lowest BCUT2D eigenvalue weighted by atomic mass is 10.1. The van der Waals surface area contributed by atoms with Crippen molar-refractivity contribution in [3.05, 3.63) is 97.2 Å². The molecule has 0 heterocycles. The Hall–Kier alpha value is -3.04. The Morgan fingerprint density at radius 2 is 1.14 bits per heavy atom. The van der Waals surface area contributed by atoms with Gasteiger partial charge in [-0.05, 0) is 70.6 Å². The van der Waals surface area contributed by atoms with E-state index in [0.717, 1.165) is 51.4 Å². The number of phosphoric ester groups is 2. The molecule has 0 spiro atoms. The van der Waals surface area contributed by atoms with Gasteiger partial charge < -0.3 is 39.5 Å². The number of unbranched alkanes of at least 4 members (excludes halogenated alkanes) is 9. The van der Waals surface area contributed by atoms with E-state index in [4.69, 9.17) is 23.8 Å². The van der Waals surface area contributed by atoms with Crippen molar-refractivity contribution in [3.63, 3.8) is 0 Å². The molecule has 0 aromatic rings. The van der Waals surface area contributed by atoms with Gasteiger partial charge in [0.15, 0.2) is 6.10 Å². The fraction of sp³-hybridized carbons (Fsp3) is 0.609. The number of rotatable bonds is 40. The molecule has 6 N–H and O–H groups in total. The van der Waals surface area contributed by atoms with Gasteiger partial charge in [0, 0.05) is 12.8 Å². The number of carbonyl (C=O) groups excluding carboxylic acids is 2. The van der Waals surface area contributed by atoms with Crippen LogP contribution in [0.25, 0.3) is 0 Å². The monoisotopic (exact) mass is 930 g/mol. The maximum absolute atomic E-state index is 12.7. The number of ether oxygens (including phenoxy) is 2. The quantitative estimate of drug-likeness (QED) is 0.0110. The zero-order valence-electron chi connectivity index (χ0n) is 37.4. The minimum atomic E-state index is -4.89. The number of esters is 2. The second kappa shape index (κ2) is 40.5. The Morgan fingerprint density at radius 3 is 1.83 bits per heavy atom. The lowest BCUT2D eigenvalue weighted by Gasteiger charge is -2.20. The zero-order valence-corrected chi connectivity index (χ0v) is 39.1. The summed E-state index contributed by atoms with van der Waals surface area (Å²) in [5, 5.41) is 29.7. The van der Waals surface area contributed by atoms with Gasteiger partial charge in [-0.3, -0.25) is 23.2 Å². The summed E-state index contributed by atoms with van der Waals surface area (Å²) in [7, 11) is -9.76. The Balaban J connectivity index is 4.78. The molecule has 0 saturated carbocycles. The van der Waals surface area contributed by atoms with Crippen molar-refractivity contribution in [1.29, 1.82) is 0 Å². The Morgan fingerprint density at radius 1 is 0.556 bits per heavy atom. The molecular weight excluding hydrogens is 854 g/mol. The molecule has 15 nitrogen and oxygen atoms in total. The van der Waals surface area contributed by atoms with Crippen molar-refractivity contribution in [2.45, 2.75) is 154 Å². The molecule has 63 heavy (non-hydrogen) atoms. The minimum absolute atomic E-state index is 0.000246. The molecular formula is C46H76O15P2. The van der Waals surface area contributed by atoms with Crippen molar-refractivity contribution < 1.29 is 71.8 Å². The first-order valence-electron chi connectivity index (χ1n) is 22.2. The van der Waals surface area contributed by atoms with Crippen molar-refractivity contribution in [2.75, 3.05) is 26.4 Å². The smallest absolute Gasteiger partial charge is 0.462 e. The molecule has 0 amide bonds. The van der Waals surface area contributed by atoms with Gasteiger partial charge in [0.1, 0.15) is 12.7 Å². The largest absolute Gasteiger partial charge is 0.472 e. The minimum Gasteiger partial charge on any atom is -0.462 e. The molecule has 0 rings (SSSR count). The van der Waals surface area contributed by atoms with Gasteiger partial charge in [-0.15, -0.1) is 0 Å². The van der Waals surface area contributed by atoms with Crippen LogP contribution in [-0.2, 0) is 41.8 Å². The van der Waals surface area contributed by atoms with Crippen LogP contribution < -0.4 is 0 Å². The lowest BCUT2D eigenvalue weighted by molar-refractivity contribution is -0.161. The van der Waals surface area contributed by atoms with Crippen molar-refractivity contribution in [1.82, 2.24) is 0 Å². The zero-order chi connectivity index (χ0) is 46.9. The summed E-state index contributed by atoms with van der Waals surface area (Å²) in [4.78, 5) is 52.7. The van der Waals surface area contributed by atoms with E-state index in [9.17, 15) is 38.9 Å². The van der Waals surface area contributed by atoms with Crippen LogP contribution in [0, 0.1) is 0 Å². The lowest BCUT2D eigenvalue weighted by Crippen LogP contribution is -2.30. The average Bonchev–Trinajstić information content (AvgIpc) is 3.23. The van der Waals surface area contributed by atoms with Crippen LogP contribution in [0.2, 0.25) is 0 Å². The average molecular weight is 931 g/mol. The Bertz CT molecular complexity index is 1510. The predicted molar refractivity (Wildman–Crippen MR) is 246 cm³/mol. The topological polar surface area (TPSA) is 236 Å². The number of hydrogen-bond donors (Lipinski definition) is 6. The van der Waals surface area contributed by atoms with E-state index in [1.54, 1.807) is 36.5 Å². The third kappa shape index (κ3) is 44.0. The molecule has 1 unspecified atom stereocenters. The second-order valence-electron chi connectivity index (χ2n) is 14.6. The molecule has 0 aromatic heterocycles. The van der Waals surface area contributed by atoms with E-state index in [1.807, 2.05) is 43.4 Å². The summed E-state index contributed by atoms with van der Waals surface area (Å²) >= 11 is 0. The molecule has 360 valence electrons. The van der Waals surface area contributed by atoms with Crippen molar-refractivity contribution >= 4 is 27.6 Å². The number of aliphatic hydroxyl groups excluding tert-OH is 3. The van der Waals surface area contributed by atoms with Crippen LogP contribution in [-0.4, -0.2) is 92.8 Å². The Kier molecular flexibility index (Phi) is 38.5. The molecule has 17 heteroatoms. The molecule has 0 fully saturated rings. The highest BCUT2D eigenvalue weighted by molar-refractivity contribution is 7.47. The summed E-state index contributed by atoms with van der Waals surface area (Å²) in [5.74, 6) is -1.24. The van der Waals surface area contributed by atoms with Gasteiger partial charge in [0.05, 0.1) is 32.0 Å². The molecule has 0 aromatic carbocycles. The second-order valence-corrected chi connectivity index (χ2v) is 17.3. The van der Waals surface area contributed by atoms with Crippen LogP contribution >= 0.6 is 15.6 Å². The number of aliphatic hydroxyl groups is 3. The summed E-state index contributed by atoms with van der Waals surface area (Å²) in [6.45, 7) is 1.29. The first-order chi connectivity index (χ1) is 30.2. The van der Waals surface area contributed by atoms with Crippen LogP contribution in [0.4, 0.5) is 0 Å². The first-order valence-corrected chi connectivity index (χ1v) is 25.2. The SMILES string of the molecule is CC/C=C\C[C@@H](O)/C=C/C=C\C/C=C\C=C\[C@@H](O)/C=C\CCCC(=O)OC[C@H](COP(=O)(O)OC[C@@H](O)COP(=O)(O)O)OC(=O)CCCCCCC/C=C\C/C=C\CCCCC. The van der Waals surface area contributed by atoms with E-state index < -0.39 is 78.4 Å². The van der Waals surface area contributed by atoms with Gasteiger partial charge in [0.25, 0.3) is 0 Å². The Labute approximate surface area is 375 Å². The van der Waals surface area contributed by atoms with Crippen LogP contribution in [0.1, 0.15) is 129 Å². The van der Waals surface area contributed by atoms with Gasteiger partial charge in [-0.1, -0.05) is 143 Å². The van der Waals surface area contributed by atoms with E-state index in [-0.39, 0.29) is 12.8 Å².